The molecule has 0 unspecified atom stereocenters. The number of phenolic OH excluding ortho intramolecular Hbond substituents is 3. The fourth-order valence-corrected chi connectivity index (χ4v) is 3.90. The molecular formula is C25H19N3O3. The van der Waals surface area contributed by atoms with E-state index >= 15 is 0 Å². The van der Waals surface area contributed by atoms with E-state index in [2.05, 4.69) is 15.2 Å². The fourth-order valence-electron chi connectivity index (χ4n) is 3.90. The monoisotopic (exact) mass is 409 g/mol. The van der Waals surface area contributed by atoms with E-state index in [4.69, 9.17) is 0 Å². The molecule has 31 heavy (non-hydrogen) atoms. The van der Waals surface area contributed by atoms with Crippen molar-refractivity contribution in [3.8, 4) is 17.2 Å². The smallest absolute Gasteiger partial charge is 0.145 e. The third kappa shape index (κ3) is 3.38. The lowest BCUT2D eigenvalue weighted by Gasteiger charge is -2.07. The number of azo groups is 1. The first-order valence-corrected chi connectivity index (χ1v) is 9.85. The number of phenols is 3. The maximum absolute atomic E-state index is 10.4. The molecule has 4 aromatic rings. The molecule has 0 bridgehead atoms. The van der Waals surface area contributed by atoms with Crippen molar-refractivity contribution in [3.63, 3.8) is 0 Å². The van der Waals surface area contributed by atoms with Gasteiger partial charge in [0, 0.05) is 17.9 Å². The van der Waals surface area contributed by atoms with Crippen LogP contribution in [0, 0.1) is 6.92 Å². The van der Waals surface area contributed by atoms with Gasteiger partial charge in [0.1, 0.15) is 28.6 Å². The minimum absolute atomic E-state index is 0.0235. The van der Waals surface area contributed by atoms with Crippen LogP contribution in [0.1, 0.15) is 16.7 Å². The van der Waals surface area contributed by atoms with Crippen molar-refractivity contribution in [1.82, 2.24) is 0 Å². The van der Waals surface area contributed by atoms with Crippen LogP contribution in [0.4, 0.5) is 17.1 Å². The normalized spacial score (nSPS) is 13.0. The Labute approximate surface area is 178 Å². The summed E-state index contributed by atoms with van der Waals surface area (Å²) < 4.78 is 0. The molecule has 152 valence electrons. The molecule has 0 fully saturated rings. The molecule has 0 aromatic heterocycles. The predicted molar refractivity (Wildman–Crippen MR) is 121 cm³/mol. The van der Waals surface area contributed by atoms with Gasteiger partial charge in [0.05, 0.1) is 11.4 Å². The zero-order valence-electron chi connectivity index (χ0n) is 16.7. The zero-order chi connectivity index (χ0) is 21.5. The minimum atomic E-state index is -0.0273. The SMILES string of the molecule is Cc1cc(O)c(/N=N/c2ccc(C3=Nc4c(O)cc(O)cc4C3)cc2)c2ccccc12. The molecule has 0 amide bonds. The Balaban J connectivity index is 1.42. The molecule has 5 rings (SSSR count). The van der Waals surface area contributed by atoms with Gasteiger partial charge in [0.2, 0.25) is 0 Å². The lowest BCUT2D eigenvalue weighted by atomic mass is 10.0. The molecule has 0 atom stereocenters. The van der Waals surface area contributed by atoms with Gasteiger partial charge in [-0.25, -0.2) is 4.99 Å². The molecule has 0 saturated carbocycles. The number of aromatic hydroxyl groups is 3. The van der Waals surface area contributed by atoms with Crippen LogP contribution in [0.25, 0.3) is 10.8 Å². The molecule has 1 aliphatic rings. The second kappa shape index (κ2) is 7.25. The average Bonchev–Trinajstić information content (AvgIpc) is 3.18. The molecule has 4 aromatic carbocycles. The van der Waals surface area contributed by atoms with Crippen LogP contribution in [0.2, 0.25) is 0 Å². The van der Waals surface area contributed by atoms with Crippen molar-refractivity contribution in [2.75, 3.05) is 0 Å². The fraction of sp³-hybridized carbons (Fsp3) is 0.0800. The summed E-state index contributed by atoms with van der Waals surface area (Å²) in [6.07, 6.45) is 0.529. The molecule has 0 spiro atoms. The van der Waals surface area contributed by atoms with E-state index in [-0.39, 0.29) is 17.2 Å². The molecule has 3 N–H and O–H groups in total. The predicted octanol–water partition coefficient (Wildman–Crippen LogP) is 6.36. The first-order valence-electron chi connectivity index (χ1n) is 9.85. The molecule has 0 saturated heterocycles. The summed E-state index contributed by atoms with van der Waals surface area (Å²) in [5, 5.41) is 40.5. The highest BCUT2D eigenvalue weighted by Crippen LogP contribution is 2.40. The Bertz CT molecular complexity index is 1390. The quantitative estimate of drug-likeness (QED) is 0.344. The van der Waals surface area contributed by atoms with Crippen molar-refractivity contribution >= 4 is 33.5 Å². The number of aryl methyl sites for hydroxylation is 1. The van der Waals surface area contributed by atoms with E-state index in [1.54, 1.807) is 12.1 Å². The van der Waals surface area contributed by atoms with E-state index in [1.807, 2.05) is 55.5 Å². The highest BCUT2D eigenvalue weighted by molar-refractivity contribution is 6.07. The van der Waals surface area contributed by atoms with E-state index in [9.17, 15) is 15.3 Å². The Morgan fingerprint density at radius 1 is 0.806 bits per heavy atom. The Kier molecular flexibility index (Phi) is 4.40. The number of fused-ring (bicyclic) bond motifs is 2. The van der Waals surface area contributed by atoms with Crippen molar-refractivity contribution < 1.29 is 15.3 Å². The third-order valence-electron chi connectivity index (χ3n) is 5.43. The highest BCUT2D eigenvalue weighted by Gasteiger charge is 2.20. The Hall–Kier alpha value is -4.19. The summed E-state index contributed by atoms with van der Waals surface area (Å²) in [5.41, 5.74) is 5.06. The van der Waals surface area contributed by atoms with Crippen LogP contribution in [-0.2, 0) is 6.42 Å². The number of rotatable bonds is 3. The van der Waals surface area contributed by atoms with Crippen LogP contribution in [-0.4, -0.2) is 21.0 Å². The second-order valence-corrected chi connectivity index (χ2v) is 7.56. The number of hydrogen-bond donors (Lipinski definition) is 3. The molecule has 0 radical (unpaired) electrons. The van der Waals surface area contributed by atoms with Gasteiger partial charge < -0.3 is 15.3 Å². The minimum Gasteiger partial charge on any atom is -0.508 e. The standard InChI is InChI=1S/C25H19N3O3/c1-14-10-22(30)25(20-5-3-2-4-19(14)20)28-27-17-8-6-15(7-9-17)21-12-16-11-18(29)13-23(31)24(16)26-21/h2-11,13,29-31H,12H2,1H3/b28-27+. The van der Waals surface area contributed by atoms with Crippen LogP contribution in [0.15, 0.2) is 82.0 Å². The number of benzene rings is 4. The summed E-state index contributed by atoms with van der Waals surface area (Å²) in [6.45, 7) is 1.95. The zero-order valence-corrected chi connectivity index (χ0v) is 16.7. The van der Waals surface area contributed by atoms with Crippen molar-refractivity contribution in [2.24, 2.45) is 15.2 Å². The van der Waals surface area contributed by atoms with Crippen LogP contribution < -0.4 is 0 Å². The molecule has 1 heterocycles. The maximum Gasteiger partial charge on any atom is 0.145 e. The summed E-state index contributed by atoms with van der Waals surface area (Å²) in [5.74, 6) is 0.0913. The topological polar surface area (TPSA) is 97.8 Å². The van der Waals surface area contributed by atoms with Gasteiger partial charge in [-0.2, -0.15) is 5.11 Å². The van der Waals surface area contributed by atoms with Gasteiger partial charge in [-0.05, 0) is 53.3 Å². The van der Waals surface area contributed by atoms with Gasteiger partial charge in [0.25, 0.3) is 0 Å². The molecular weight excluding hydrogens is 390 g/mol. The van der Waals surface area contributed by atoms with E-state index in [0.29, 0.717) is 23.5 Å². The molecule has 0 aliphatic carbocycles. The number of nitrogens with zero attached hydrogens (tertiary/aromatic N) is 3. The van der Waals surface area contributed by atoms with E-state index < -0.39 is 0 Å². The first-order chi connectivity index (χ1) is 15.0. The summed E-state index contributed by atoms with van der Waals surface area (Å²) in [6, 6.07) is 19.8. The lowest BCUT2D eigenvalue weighted by molar-refractivity contribution is 0.451. The van der Waals surface area contributed by atoms with E-state index in [0.717, 1.165) is 33.2 Å². The Morgan fingerprint density at radius 3 is 2.32 bits per heavy atom. The van der Waals surface area contributed by atoms with Gasteiger partial charge in [-0.1, -0.05) is 36.4 Å². The van der Waals surface area contributed by atoms with Gasteiger partial charge >= 0.3 is 0 Å². The third-order valence-corrected chi connectivity index (χ3v) is 5.43. The summed E-state index contributed by atoms with van der Waals surface area (Å²) in [7, 11) is 0. The largest absolute Gasteiger partial charge is 0.508 e. The van der Waals surface area contributed by atoms with Gasteiger partial charge in [-0.15, -0.1) is 5.11 Å². The van der Waals surface area contributed by atoms with Crippen molar-refractivity contribution in [1.29, 1.82) is 0 Å². The molecule has 6 nitrogen and oxygen atoms in total. The first kappa shape index (κ1) is 18.8. The van der Waals surface area contributed by atoms with Gasteiger partial charge in [-0.3, -0.25) is 0 Å². The number of hydrogen-bond acceptors (Lipinski definition) is 6. The second-order valence-electron chi connectivity index (χ2n) is 7.56. The van der Waals surface area contributed by atoms with Crippen LogP contribution >= 0.6 is 0 Å². The average molecular weight is 409 g/mol. The van der Waals surface area contributed by atoms with Gasteiger partial charge in [0.15, 0.2) is 0 Å². The van der Waals surface area contributed by atoms with Crippen LogP contribution in [0.3, 0.4) is 0 Å². The summed E-state index contributed by atoms with van der Waals surface area (Å²) >= 11 is 0. The van der Waals surface area contributed by atoms with Crippen molar-refractivity contribution in [3.05, 3.63) is 83.4 Å². The molecule has 6 heteroatoms. The van der Waals surface area contributed by atoms with Crippen molar-refractivity contribution in [2.45, 2.75) is 13.3 Å². The van der Waals surface area contributed by atoms with Crippen LogP contribution in [0.5, 0.6) is 17.2 Å². The maximum atomic E-state index is 10.4. The molecule has 1 aliphatic heterocycles. The highest BCUT2D eigenvalue weighted by atomic mass is 16.3. The Morgan fingerprint density at radius 2 is 1.55 bits per heavy atom. The summed E-state index contributed by atoms with van der Waals surface area (Å²) in [4.78, 5) is 4.51. The van der Waals surface area contributed by atoms with E-state index in [1.165, 1.54) is 6.07 Å². The lowest BCUT2D eigenvalue weighted by Crippen LogP contribution is -1.99. The number of aliphatic imine (C=N–C) groups is 1.